The Morgan fingerprint density at radius 1 is 1.50 bits per heavy atom. The second-order valence-corrected chi connectivity index (χ2v) is 2.17. The van der Waals surface area contributed by atoms with Gasteiger partial charge in [-0.2, -0.15) is 0 Å². The second kappa shape index (κ2) is 1.80. The molecule has 0 spiro atoms. The van der Waals surface area contributed by atoms with Gasteiger partial charge in [0.15, 0.2) is 5.65 Å². The van der Waals surface area contributed by atoms with E-state index < -0.39 is 0 Å². The van der Waals surface area contributed by atoms with E-state index in [1.54, 1.807) is 12.5 Å². The Morgan fingerprint density at radius 2 is 2.40 bits per heavy atom. The number of aryl methyl sites for hydroxylation is 1. The van der Waals surface area contributed by atoms with Gasteiger partial charge in [0, 0.05) is 12.3 Å². The smallest absolute Gasteiger partial charge is 0.178 e. The van der Waals surface area contributed by atoms with Crippen molar-refractivity contribution in [1.82, 2.24) is 15.0 Å². The lowest BCUT2D eigenvalue weighted by Gasteiger charge is -1.87. The van der Waals surface area contributed by atoms with E-state index in [-0.39, 0.29) is 0 Å². The minimum atomic E-state index is 0.727. The topological polar surface area (TPSA) is 41.6 Å². The normalized spacial score (nSPS) is 10.5. The number of hydrogen-bond acceptors (Lipinski definition) is 2. The lowest BCUT2D eigenvalue weighted by Crippen LogP contribution is -1.78. The van der Waals surface area contributed by atoms with E-state index in [1.165, 1.54) is 0 Å². The fourth-order valence-corrected chi connectivity index (χ4v) is 0.864. The highest BCUT2D eigenvalue weighted by molar-refractivity contribution is 5.69. The molecule has 0 saturated carbocycles. The lowest BCUT2D eigenvalue weighted by atomic mass is 10.3. The molecular formula is C7H6N3. The average molecular weight is 132 g/mol. The third kappa shape index (κ3) is 0.673. The SMILES string of the molecule is Cc1[c]c2[nH]cnc2nc1. The number of imidazole rings is 1. The second-order valence-electron chi connectivity index (χ2n) is 2.17. The van der Waals surface area contributed by atoms with Crippen LogP contribution in [-0.4, -0.2) is 15.0 Å². The summed E-state index contributed by atoms with van der Waals surface area (Å²) in [5.74, 6) is 0. The summed E-state index contributed by atoms with van der Waals surface area (Å²) >= 11 is 0. The van der Waals surface area contributed by atoms with Crippen molar-refractivity contribution in [1.29, 1.82) is 0 Å². The standard InChI is InChI=1S/C7H6N3/c1-5-2-6-7(8-3-5)10-4-9-6/h3-4H,1H3,(H,8,9,10). The third-order valence-corrected chi connectivity index (χ3v) is 1.32. The molecule has 2 rings (SSSR count). The number of pyridine rings is 1. The molecule has 10 heavy (non-hydrogen) atoms. The Kier molecular flexibility index (Phi) is 0.974. The highest BCUT2D eigenvalue weighted by Crippen LogP contribution is 2.05. The summed E-state index contributed by atoms with van der Waals surface area (Å²) in [5.41, 5.74) is 2.63. The number of nitrogens with zero attached hydrogens (tertiary/aromatic N) is 2. The molecule has 0 atom stereocenters. The summed E-state index contributed by atoms with van der Waals surface area (Å²) in [6.45, 7) is 1.95. The van der Waals surface area contributed by atoms with E-state index in [0.29, 0.717) is 0 Å². The first-order valence-electron chi connectivity index (χ1n) is 3.04. The Morgan fingerprint density at radius 3 is 3.30 bits per heavy atom. The lowest BCUT2D eigenvalue weighted by molar-refractivity contribution is 1.28. The summed E-state index contributed by atoms with van der Waals surface area (Å²) in [7, 11) is 0. The number of aromatic nitrogens is 3. The van der Waals surface area contributed by atoms with Crippen molar-refractivity contribution >= 4 is 11.2 Å². The molecule has 2 heterocycles. The summed E-state index contributed by atoms with van der Waals surface area (Å²) in [4.78, 5) is 11.0. The molecule has 3 heteroatoms. The van der Waals surface area contributed by atoms with Crippen LogP contribution in [0.2, 0.25) is 0 Å². The van der Waals surface area contributed by atoms with Crippen LogP contribution in [-0.2, 0) is 0 Å². The van der Waals surface area contributed by atoms with Gasteiger partial charge in [-0.1, -0.05) is 0 Å². The van der Waals surface area contributed by atoms with Crippen molar-refractivity contribution < 1.29 is 0 Å². The van der Waals surface area contributed by atoms with Crippen molar-refractivity contribution in [2.75, 3.05) is 0 Å². The van der Waals surface area contributed by atoms with Crippen LogP contribution in [0.25, 0.3) is 11.2 Å². The third-order valence-electron chi connectivity index (χ3n) is 1.32. The number of aromatic amines is 1. The first-order chi connectivity index (χ1) is 4.86. The highest BCUT2D eigenvalue weighted by atomic mass is 14.9. The molecular weight excluding hydrogens is 126 g/mol. The summed E-state index contributed by atoms with van der Waals surface area (Å²) < 4.78 is 0. The molecule has 2 aromatic heterocycles. The molecule has 49 valence electrons. The van der Waals surface area contributed by atoms with Gasteiger partial charge in [-0.3, -0.25) is 0 Å². The van der Waals surface area contributed by atoms with Crippen molar-refractivity contribution in [3.63, 3.8) is 0 Å². The van der Waals surface area contributed by atoms with Gasteiger partial charge in [-0.05, 0) is 12.5 Å². The van der Waals surface area contributed by atoms with E-state index in [1.807, 2.05) is 6.92 Å². The molecule has 2 aromatic rings. The van der Waals surface area contributed by atoms with Gasteiger partial charge in [0.2, 0.25) is 0 Å². The highest BCUT2D eigenvalue weighted by Gasteiger charge is 1.94. The van der Waals surface area contributed by atoms with E-state index in [2.05, 4.69) is 21.0 Å². The maximum absolute atomic E-state index is 4.07. The zero-order chi connectivity index (χ0) is 6.97. The Hall–Kier alpha value is -1.38. The molecule has 0 bridgehead atoms. The Balaban J connectivity index is 2.86. The fraction of sp³-hybridized carbons (Fsp3) is 0.143. The first-order valence-corrected chi connectivity index (χ1v) is 3.04. The van der Waals surface area contributed by atoms with Gasteiger partial charge in [0.05, 0.1) is 11.8 Å². The molecule has 0 amide bonds. The van der Waals surface area contributed by atoms with Gasteiger partial charge >= 0.3 is 0 Å². The average Bonchev–Trinajstić information content (AvgIpc) is 2.33. The zero-order valence-corrected chi connectivity index (χ0v) is 5.55. The molecule has 1 radical (unpaired) electrons. The van der Waals surface area contributed by atoms with Crippen molar-refractivity contribution in [3.8, 4) is 0 Å². The molecule has 0 aliphatic heterocycles. The maximum Gasteiger partial charge on any atom is 0.178 e. The molecule has 0 fully saturated rings. The van der Waals surface area contributed by atoms with E-state index in [4.69, 9.17) is 0 Å². The van der Waals surface area contributed by atoms with Crippen LogP contribution in [0.1, 0.15) is 5.56 Å². The minimum absolute atomic E-state index is 0.727. The summed E-state index contributed by atoms with van der Waals surface area (Å²) in [6, 6.07) is 3.09. The van der Waals surface area contributed by atoms with Crippen molar-refractivity contribution in [2.45, 2.75) is 6.92 Å². The number of nitrogens with one attached hydrogen (secondary N) is 1. The molecule has 0 saturated heterocycles. The molecule has 0 aromatic carbocycles. The maximum atomic E-state index is 4.07. The molecule has 0 aliphatic rings. The van der Waals surface area contributed by atoms with Crippen molar-refractivity contribution in [3.05, 3.63) is 24.2 Å². The number of hydrogen-bond donors (Lipinski definition) is 1. The largest absolute Gasteiger partial charge is 0.343 e. The van der Waals surface area contributed by atoms with Gasteiger partial charge in [0.1, 0.15) is 0 Å². The summed E-state index contributed by atoms with van der Waals surface area (Å²) in [6.07, 6.45) is 3.37. The summed E-state index contributed by atoms with van der Waals surface area (Å²) in [5, 5.41) is 0. The zero-order valence-electron chi connectivity index (χ0n) is 5.55. The van der Waals surface area contributed by atoms with Gasteiger partial charge in [-0.15, -0.1) is 0 Å². The van der Waals surface area contributed by atoms with Gasteiger partial charge in [0.25, 0.3) is 0 Å². The Labute approximate surface area is 58.1 Å². The van der Waals surface area contributed by atoms with Crippen LogP contribution in [0.15, 0.2) is 12.5 Å². The van der Waals surface area contributed by atoms with E-state index >= 15 is 0 Å². The van der Waals surface area contributed by atoms with Crippen LogP contribution < -0.4 is 0 Å². The fourth-order valence-electron chi connectivity index (χ4n) is 0.864. The molecule has 0 unspecified atom stereocenters. The van der Waals surface area contributed by atoms with Gasteiger partial charge < -0.3 is 4.98 Å². The predicted molar refractivity (Wildman–Crippen MR) is 37.5 cm³/mol. The monoisotopic (exact) mass is 132 g/mol. The predicted octanol–water partition coefficient (Wildman–Crippen LogP) is 1.07. The van der Waals surface area contributed by atoms with E-state index in [9.17, 15) is 0 Å². The molecule has 1 N–H and O–H groups in total. The van der Waals surface area contributed by atoms with Crippen LogP contribution in [0, 0.1) is 13.0 Å². The van der Waals surface area contributed by atoms with Crippen LogP contribution in [0.4, 0.5) is 0 Å². The van der Waals surface area contributed by atoms with Crippen molar-refractivity contribution in [2.24, 2.45) is 0 Å². The quantitative estimate of drug-likeness (QED) is 0.582. The van der Waals surface area contributed by atoms with Crippen LogP contribution >= 0.6 is 0 Å². The minimum Gasteiger partial charge on any atom is -0.343 e. The van der Waals surface area contributed by atoms with Crippen LogP contribution in [0.3, 0.4) is 0 Å². The number of fused-ring (bicyclic) bond motifs is 1. The van der Waals surface area contributed by atoms with Gasteiger partial charge in [-0.25, -0.2) is 9.97 Å². The van der Waals surface area contributed by atoms with Crippen LogP contribution in [0.5, 0.6) is 0 Å². The van der Waals surface area contributed by atoms with E-state index in [0.717, 1.165) is 16.7 Å². The first kappa shape index (κ1) is 5.41. The molecule has 3 nitrogen and oxygen atoms in total. The Bertz CT molecular complexity index is 350. The number of rotatable bonds is 0. The molecule has 0 aliphatic carbocycles. The number of H-pyrrole nitrogens is 1.